The molecule has 0 spiro atoms. The summed E-state index contributed by atoms with van der Waals surface area (Å²) in [6.07, 6.45) is 0.834. The molecular formula is C19H29IN4O3. The fraction of sp³-hybridized carbons (Fsp3) is 0.474. The van der Waals surface area contributed by atoms with Crippen molar-refractivity contribution < 1.29 is 14.0 Å². The van der Waals surface area contributed by atoms with Gasteiger partial charge in [0.2, 0.25) is 0 Å². The highest BCUT2D eigenvalue weighted by Crippen LogP contribution is 2.27. The summed E-state index contributed by atoms with van der Waals surface area (Å²) < 4.78 is 15.9. The zero-order valence-corrected chi connectivity index (χ0v) is 18.9. The van der Waals surface area contributed by atoms with Crippen LogP contribution >= 0.6 is 24.0 Å². The van der Waals surface area contributed by atoms with Gasteiger partial charge in [0.1, 0.15) is 0 Å². The summed E-state index contributed by atoms with van der Waals surface area (Å²) in [4.78, 5) is 4.22. The molecule has 0 saturated carbocycles. The zero-order valence-electron chi connectivity index (χ0n) is 16.5. The molecule has 2 N–H and O–H groups in total. The van der Waals surface area contributed by atoms with Crippen molar-refractivity contribution in [2.24, 2.45) is 4.99 Å². The number of guanidine groups is 1. The maximum atomic E-state index is 5.33. The smallest absolute Gasteiger partial charge is 0.191 e. The number of nitrogens with zero attached hydrogens (tertiary/aromatic N) is 2. The van der Waals surface area contributed by atoms with Crippen LogP contribution in [0, 0.1) is 0 Å². The van der Waals surface area contributed by atoms with E-state index >= 15 is 0 Å². The lowest BCUT2D eigenvalue weighted by Crippen LogP contribution is -2.37. The van der Waals surface area contributed by atoms with Crippen LogP contribution in [0.2, 0.25) is 0 Å². The Labute approximate surface area is 177 Å². The fourth-order valence-electron chi connectivity index (χ4n) is 2.44. The maximum absolute atomic E-state index is 5.33. The Morgan fingerprint density at radius 3 is 2.48 bits per heavy atom. The molecule has 27 heavy (non-hydrogen) atoms. The van der Waals surface area contributed by atoms with Crippen molar-refractivity contribution in [2.45, 2.75) is 32.7 Å². The number of halogens is 1. The highest BCUT2D eigenvalue weighted by atomic mass is 127. The second-order valence-corrected chi connectivity index (χ2v) is 6.16. The number of hydrogen-bond acceptors (Lipinski definition) is 5. The normalized spacial score (nSPS) is 11.1. The van der Waals surface area contributed by atoms with Gasteiger partial charge in [-0.2, -0.15) is 0 Å². The second kappa shape index (κ2) is 11.7. The van der Waals surface area contributed by atoms with E-state index in [1.807, 2.05) is 24.3 Å². The molecule has 1 aromatic heterocycles. The molecular weight excluding hydrogens is 459 g/mol. The second-order valence-electron chi connectivity index (χ2n) is 6.16. The molecule has 0 radical (unpaired) electrons. The highest BCUT2D eigenvalue weighted by Gasteiger charge is 2.08. The molecule has 0 unspecified atom stereocenters. The van der Waals surface area contributed by atoms with Gasteiger partial charge in [-0.15, -0.1) is 24.0 Å². The molecule has 0 bridgehead atoms. The van der Waals surface area contributed by atoms with E-state index < -0.39 is 0 Å². The average Bonchev–Trinajstić information content (AvgIpc) is 3.13. The van der Waals surface area contributed by atoms with Crippen LogP contribution in [0.4, 0.5) is 0 Å². The van der Waals surface area contributed by atoms with E-state index in [1.54, 1.807) is 21.3 Å². The monoisotopic (exact) mass is 488 g/mol. The Bertz CT molecular complexity index is 731. The molecule has 2 aromatic rings. The van der Waals surface area contributed by atoms with E-state index in [0.717, 1.165) is 41.5 Å². The Kier molecular flexibility index (Phi) is 9.98. The summed E-state index contributed by atoms with van der Waals surface area (Å²) in [6, 6.07) is 7.89. The van der Waals surface area contributed by atoms with Gasteiger partial charge in [0.25, 0.3) is 0 Å². The third-order valence-electron chi connectivity index (χ3n) is 3.98. The first kappa shape index (κ1) is 23.1. The maximum Gasteiger partial charge on any atom is 0.191 e. The topological polar surface area (TPSA) is 80.9 Å². The average molecular weight is 488 g/mol. The molecule has 0 aliphatic rings. The molecule has 8 heteroatoms. The van der Waals surface area contributed by atoms with Crippen molar-refractivity contribution in [3.8, 4) is 11.5 Å². The minimum atomic E-state index is 0. The largest absolute Gasteiger partial charge is 0.493 e. The third-order valence-corrected chi connectivity index (χ3v) is 3.98. The van der Waals surface area contributed by atoms with Crippen molar-refractivity contribution >= 4 is 29.9 Å². The van der Waals surface area contributed by atoms with E-state index in [9.17, 15) is 0 Å². The number of aliphatic imine (C=N–C) groups is 1. The highest BCUT2D eigenvalue weighted by molar-refractivity contribution is 14.0. The zero-order chi connectivity index (χ0) is 18.9. The van der Waals surface area contributed by atoms with Crippen molar-refractivity contribution in [1.29, 1.82) is 0 Å². The quantitative estimate of drug-likeness (QED) is 0.337. The van der Waals surface area contributed by atoms with Gasteiger partial charge in [-0.25, -0.2) is 0 Å². The lowest BCUT2D eigenvalue weighted by atomic mass is 10.1. The van der Waals surface area contributed by atoms with Crippen LogP contribution < -0.4 is 20.1 Å². The van der Waals surface area contributed by atoms with Crippen LogP contribution in [0.25, 0.3) is 0 Å². The predicted octanol–water partition coefficient (Wildman–Crippen LogP) is 3.34. The van der Waals surface area contributed by atoms with E-state index in [2.05, 4.69) is 34.6 Å². The van der Waals surface area contributed by atoms with Gasteiger partial charge in [-0.05, 0) is 30.0 Å². The summed E-state index contributed by atoms with van der Waals surface area (Å²) in [6.45, 7) is 5.45. The van der Waals surface area contributed by atoms with Gasteiger partial charge in [-0.3, -0.25) is 4.99 Å². The van der Waals surface area contributed by atoms with Crippen LogP contribution in [0.1, 0.15) is 36.8 Å². The number of aromatic nitrogens is 1. The van der Waals surface area contributed by atoms with Crippen LogP contribution in [0.3, 0.4) is 0 Å². The van der Waals surface area contributed by atoms with Gasteiger partial charge in [-0.1, -0.05) is 25.1 Å². The Hall–Kier alpha value is -1.97. The molecule has 150 valence electrons. The number of hydrogen-bond donors (Lipinski definition) is 2. The number of methoxy groups -OCH3 is 2. The molecule has 0 atom stereocenters. The summed E-state index contributed by atoms with van der Waals surface area (Å²) in [5, 5.41) is 10.6. The van der Waals surface area contributed by atoms with Crippen molar-refractivity contribution in [3.63, 3.8) is 0 Å². The van der Waals surface area contributed by atoms with E-state index in [1.165, 1.54) is 0 Å². The first-order valence-corrected chi connectivity index (χ1v) is 8.68. The number of nitrogens with one attached hydrogen (secondary N) is 2. The van der Waals surface area contributed by atoms with Crippen molar-refractivity contribution in [1.82, 2.24) is 15.8 Å². The molecule has 1 heterocycles. The van der Waals surface area contributed by atoms with Gasteiger partial charge in [0.15, 0.2) is 23.2 Å². The van der Waals surface area contributed by atoms with E-state index in [-0.39, 0.29) is 24.0 Å². The Balaban J connectivity index is 0.00000364. The predicted molar refractivity (Wildman–Crippen MR) is 117 cm³/mol. The first-order chi connectivity index (χ1) is 12.6. The number of benzene rings is 1. The van der Waals surface area contributed by atoms with Gasteiger partial charge in [0, 0.05) is 19.7 Å². The van der Waals surface area contributed by atoms with Gasteiger partial charge in [0.05, 0.1) is 26.5 Å². The summed E-state index contributed by atoms with van der Waals surface area (Å²) >= 11 is 0. The minimum absolute atomic E-state index is 0. The van der Waals surface area contributed by atoms with Crippen LogP contribution in [0.15, 0.2) is 33.8 Å². The van der Waals surface area contributed by atoms with Crippen molar-refractivity contribution in [2.75, 3.05) is 27.8 Å². The van der Waals surface area contributed by atoms with Crippen LogP contribution in [0.5, 0.6) is 11.5 Å². The number of ether oxygens (including phenoxy) is 2. The molecule has 0 aliphatic carbocycles. The molecule has 1 aromatic carbocycles. The van der Waals surface area contributed by atoms with Gasteiger partial charge >= 0.3 is 0 Å². The molecule has 0 amide bonds. The Morgan fingerprint density at radius 1 is 1.15 bits per heavy atom. The minimum Gasteiger partial charge on any atom is -0.493 e. The van der Waals surface area contributed by atoms with Crippen molar-refractivity contribution in [3.05, 3.63) is 41.3 Å². The van der Waals surface area contributed by atoms with Gasteiger partial charge < -0.3 is 24.6 Å². The van der Waals surface area contributed by atoms with Crippen LogP contribution in [-0.4, -0.2) is 38.9 Å². The van der Waals surface area contributed by atoms with Crippen LogP contribution in [-0.2, 0) is 13.0 Å². The lowest BCUT2D eigenvalue weighted by molar-refractivity contribution is 0.354. The Morgan fingerprint density at radius 2 is 1.89 bits per heavy atom. The summed E-state index contributed by atoms with van der Waals surface area (Å²) in [7, 11) is 5.01. The SMILES string of the molecule is CN=C(NCCc1ccc(OC)c(OC)c1)NCc1cc(C(C)C)no1.I. The summed E-state index contributed by atoms with van der Waals surface area (Å²) in [5.74, 6) is 3.32. The number of rotatable bonds is 8. The molecule has 2 rings (SSSR count). The molecule has 7 nitrogen and oxygen atoms in total. The fourth-order valence-corrected chi connectivity index (χ4v) is 2.44. The lowest BCUT2D eigenvalue weighted by Gasteiger charge is -2.12. The molecule has 0 fully saturated rings. The van der Waals surface area contributed by atoms with E-state index in [4.69, 9.17) is 14.0 Å². The molecule has 0 saturated heterocycles. The molecule has 0 aliphatic heterocycles. The third kappa shape index (κ3) is 6.93. The van der Waals surface area contributed by atoms with E-state index in [0.29, 0.717) is 18.4 Å². The summed E-state index contributed by atoms with van der Waals surface area (Å²) in [5.41, 5.74) is 2.11. The standard InChI is InChI=1S/C19H28N4O3.HI/c1-13(2)16-11-15(26-23-16)12-22-19(20-3)21-9-8-14-6-7-17(24-4)18(10-14)25-5;/h6-7,10-11,13H,8-9,12H2,1-5H3,(H2,20,21,22);1H. The first-order valence-electron chi connectivity index (χ1n) is 8.68.